The number of carbonyl (C=O) groups is 1. The minimum atomic E-state index is -0.152. The lowest BCUT2D eigenvalue weighted by atomic mass is 10.1. The zero-order valence-electron chi connectivity index (χ0n) is 15.2. The van der Waals surface area contributed by atoms with Gasteiger partial charge in [0.05, 0.1) is 12.1 Å². The van der Waals surface area contributed by atoms with Crippen LogP contribution in [0, 0.1) is 0 Å². The van der Waals surface area contributed by atoms with E-state index in [1.54, 1.807) is 0 Å². The number of nitrogens with one attached hydrogen (secondary N) is 2. The Balaban J connectivity index is 1.47. The van der Waals surface area contributed by atoms with E-state index in [0.29, 0.717) is 6.54 Å². The summed E-state index contributed by atoms with van der Waals surface area (Å²) in [6.07, 6.45) is 4.04. The van der Waals surface area contributed by atoms with Crippen molar-refractivity contribution in [2.24, 2.45) is 0 Å². The minimum absolute atomic E-state index is 0.0286. The van der Waals surface area contributed by atoms with Crippen LogP contribution in [-0.2, 0) is 11.3 Å². The Morgan fingerprint density at radius 3 is 2.92 bits per heavy atom. The standard InChI is InChI=1S/C18H29N5O2/c1-14(16-4-3-11-25-16)21-18(24)20-13-15-5-6-19-17(12-15)23-9-7-22(2)8-10-23/h5-6,12,14,16H,3-4,7-11,13H2,1-2H3,(H2,20,21,24)/t14-,16-/m1/s1. The number of rotatable bonds is 5. The topological polar surface area (TPSA) is 69.7 Å². The van der Waals surface area contributed by atoms with Gasteiger partial charge in [-0.25, -0.2) is 9.78 Å². The van der Waals surface area contributed by atoms with Gasteiger partial charge < -0.3 is 25.2 Å². The molecule has 0 radical (unpaired) electrons. The molecule has 7 heteroatoms. The van der Waals surface area contributed by atoms with E-state index in [0.717, 1.165) is 57.0 Å². The van der Waals surface area contributed by atoms with Gasteiger partial charge in [0.25, 0.3) is 0 Å². The molecule has 2 atom stereocenters. The van der Waals surface area contributed by atoms with Crippen molar-refractivity contribution in [1.82, 2.24) is 20.5 Å². The fraction of sp³-hybridized carbons (Fsp3) is 0.667. The van der Waals surface area contributed by atoms with Crippen LogP contribution < -0.4 is 15.5 Å². The molecule has 2 fully saturated rings. The number of anilines is 1. The lowest BCUT2D eigenvalue weighted by molar-refractivity contribution is 0.0860. The number of piperazine rings is 1. The highest BCUT2D eigenvalue weighted by Gasteiger charge is 2.23. The van der Waals surface area contributed by atoms with E-state index in [1.165, 1.54) is 0 Å². The number of likely N-dealkylation sites (N-methyl/N-ethyl adjacent to an activating group) is 1. The monoisotopic (exact) mass is 347 g/mol. The van der Waals surface area contributed by atoms with E-state index in [9.17, 15) is 4.79 Å². The number of amides is 2. The lowest BCUT2D eigenvalue weighted by Gasteiger charge is -2.33. The molecule has 0 aromatic carbocycles. The molecule has 0 bridgehead atoms. The third kappa shape index (κ3) is 5.06. The number of hydrogen-bond acceptors (Lipinski definition) is 5. The molecule has 2 aliphatic rings. The normalized spacial score (nSPS) is 22.6. The summed E-state index contributed by atoms with van der Waals surface area (Å²) in [5.74, 6) is 0.987. The predicted octanol–water partition coefficient (Wildman–Crippen LogP) is 1.20. The van der Waals surface area contributed by atoms with Gasteiger partial charge in [0.15, 0.2) is 0 Å². The summed E-state index contributed by atoms with van der Waals surface area (Å²) in [5, 5.41) is 5.90. The van der Waals surface area contributed by atoms with Gasteiger partial charge in [-0.15, -0.1) is 0 Å². The van der Waals surface area contributed by atoms with Crippen LogP contribution in [-0.4, -0.2) is 67.9 Å². The molecule has 25 heavy (non-hydrogen) atoms. The van der Waals surface area contributed by atoms with Gasteiger partial charge in [-0.2, -0.15) is 0 Å². The van der Waals surface area contributed by atoms with Crippen LogP contribution in [0.15, 0.2) is 18.3 Å². The quantitative estimate of drug-likeness (QED) is 0.838. The van der Waals surface area contributed by atoms with E-state index < -0.39 is 0 Å². The van der Waals surface area contributed by atoms with E-state index >= 15 is 0 Å². The number of urea groups is 1. The predicted molar refractivity (Wildman–Crippen MR) is 97.8 cm³/mol. The van der Waals surface area contributed by atoms with Crippen molar-refractivity contribution < 1.29 is 9.53 Å². The molecule has 2 amide bonds. The van der Waals surface area contributed by atoms with Crippen LogP contribution in [0.4, 0.5) is 10.6 Å². The molecule has 3 heterocycles. The first-order valence-electron chi connectivity index (χ1n) is 9.16. The van der Waals surface area contributed by atoms with Crippen molar-refractivity contribution in [3.05, 3.63) is 23.9 Å². The van der Waals surface area contributed by atoms with E-state index in [1.807, 2.05) is 19.2 Å². The molecule has 138 valence electrons. The molecule has 1 aromatic rings. The van der Waals surface area contributed by atoms with Gasteiger partial charge in [-0.1, -0.05) is 0 Å². The van der Waals surface area contributed by atoms with Crippen molar-refractivity contribution in [3.63, 3.8) is 0 Å². The fourth-order valence-corrected chi connectivity index (χ4v) is 3.31. The van der Waals surface area contributed by atoms with Gasteiger partial charge in [0.1, 0.15) is 5.82 Å². The molecule has 3 rings (SSSR count). The van der Waals surface area contributed by atoms with E-state index in [2.05, 4.69) is 38.5 Å². The van der Waals surface area contributed by atoms with E-state index in [4.69, 9.17) is 4.74 Å². The van der Waals surface area contributed by atoms with Crippen LogP contribution in [0.1, 0.15) is 25.3 Å². The van der Waals surface area contributed by atoms with Crippen LogP contribution in [0.25, 0.3) is 0 Å². The lowest BCUT2D eigenvalue weighted by Crippen LogP contribution is -2.45. The molecule has 2 aliphatic heterocycles. The van der Waals surface area contributed by atoms with Crippen molar-refractivity contribution in [3.8, 4) is 0 Å². The number of nitrogens with zero attached hydrogens (tertiary/aromatic N) is 3. The van der Waals surface area contributed by atoms with Crippen LogP contribution in [0.5, 0.6) is 0 Å². The van der Waals surface area contributed by atoms with Crippen LogP contribution in [0.3, 0.4) is 0 Å². The molecule has 2 saturated heterocycles. The summed E-state index contributed by atoms with van der Waals surface area (Å²) in [6.45, 7) is 7.35. The number of aromatic nitrogens is 1. The molecular weight excluding hydrogens is 318 g/mol. The zero-order chi connectivity index (χ0) is 17.6. The average Bonchev–Trinajstić information content (AvgIpc) is 3.16. The fourth-order valence-electron chi connectivity index (χ4n) is 3.31. The summed E-state index contributed by atoms with van der Waals surface area (Å²) >= 11 is 0. The molecule has 0 unspecified atom stereocenters. The molecular formula is C18H29N5O2. The second-order valence-corrected chi connectivity index (χ2v) is 6.98. The van der Waals surface area contributed by atoms with Crippen molar-refractivity contribution in [2.45, 2.75) is 38.5 Å². The first-order chi connectivity index (χ1) is 12.1. The molecule has 0 aliphatic carbocycles. The summed E-state index contributed by atoms with van der Waals surface area (Å²) in [5.41, 5.74) is 1.06. The average molecular weight is 347 g/mol. The maximum Gasteiger partial charge on any atom is 0.315 e. The molecule has 1 aromatic heterocycles. The second kappa shape index (κ2) is 8.49. The second-order valence-electron chi connectivity index (χ2n) is 6.98. The first-order valence-corrected chi connectivity index (χ1v) is 9.16. The number of ether oxygens (including phenoxy) is 1. The maximum absolute atomic E-state index is 12.1. The van der Waals surface area contributed by atoms with Gasteiger partial charge in [-0.05, 0) is 44.5 Å². The third-order valence-electron chi connectivity index (χ3n) is 4.97. The van der Waals surface area contributed by atoms with Gasteiger partial charge in [0.2, 0.25) is 0 Å². The summed E-state index contributed by atoms with van der Waals surface area (Å²) < 4.78 is 5.61. The maximum atomic E-state index is 12.1. The number of pyridine rings is 1. The first kappa shape index (κ1) is 17.9. The molecule has 0 saturated carbocycles. The Labute approximate surface area is 149 Å². The summed E-state index contributed by atoms with van der Waals surface area (Å²) in [7, 11) is 2.14. The smallest absolute Gasteiger partial charge is 0.315 e. The molecule has 7 nitrogen and oxygen atoms in total. The highest BCUT2D eigenvalue weighted by Crippen LogP contribution is 2.16. The molecule has 2 N–H and O–H groups in total. The number of hydrogen-bond donors (Lipinski definition) is 2. The Morgan fingerprint density at radius 1 is 1.40 bits per heavy atom. The Kier molecular flexibility index (Phi) is 6.09. The van der Waals surface area contributed by atoms with Crippen LogP contribution >= 0.6 is 0 Å². The van der Waals surface area contributed by atoms with Crippen molar-refractivity contribution >= 4 is 11.8 Å². The SMILES string of the molecule is C[C@@H](NC(=O)NCc1ccnc(N2CCN(C)CC2)c1)[C@H]1CCCO1. The van der Waals surface area contributed by atoms with Gasteiger partial charge >= 0.3 is 6.03 Å². The largest absolute Gasteiger partial charge is 0.376 e. The summed E-state index contributed by atoms with van der Waals surface area (Å²) in [4.78, 5) is 21.2. The molecule has 0 spiro atoms. The Hall–Kier alpha value is -1.86. The van der Waals surface area contributed by atoms with Gasteiger partial charge in [0, 0.05) is 45.5 Å². The summed E-state index contributed by atoms with van der Waals surface area (Å²) in [6, 6.07) is 3.89. The Bertz CT molecular complexity index is 568. The highest BCUT2D eigenvalue weighted by atomic mass is 16.5. The third-order valence-corrected chi connectivity index (χ3v) is 4.97. The highest BCUT2D eigenvalue weighted by molar-refractivity contribution is 5.74. The Morgan fingerprint density at radius 2 is 2.20 bits per heavy atom. The van der Waals surface area contributed by atoms with Crippen molar-refractivity contribution in [1.29, 1.82) is 0 Å². The van der Waals surface area contributed by atoms with Crippen LogP contribution in [0.2, 0.25) is 0 Å². The minimum Gasteiger partial charge on any atom is -0.376 e. The van der Waals surface area contributed by atoms with E-state index in [-0.39, 0.29) is 18.2 Å². The number of carbonyl (C=O) groups excluding carboxylic acids is 1. The van der Waals surface area contributed by atoms with Crippen molar-refractivity contribution in [2.75, 3.05) is 44.7 Å². The van der Waals surface area contributed by atoms with Gasteiger partial charge in [-0.3, -0.25) is 0 Å². The zero-order valence-corrected chi connectivity index (χ0v) is 15.2.